The van der Waals surface area contributed by atoms with E-state index in [4.69, 9.17) is 5.11 Å². The van der Waals surface area contributed by atoms with Crippen molar-refractivity contribution in [2.75, 3.05) is 7.05 Å². The summed E-state index contributed by atoms with van der Waals surface area (Å²) in [5, 5.41) is 8.48. The summed E-state index contributed by atoms with van der Waals surface area (Å²) in [4.78, 5) is 10.4. The van der Waals surface area contributed by atoms with E-state index in [1.54, 1.807) is 6.92 Å². The molecule has 0 bridgehead atoms. The third-order valence-electron chi connectivity index (χ3n) is 1.27. The summed E-state index contributed by atoms with van der Waals surface area (Å²) in [6.45, 7) is 1.58. The third-order valence-corrected chi connectivity index (χ3v) is 2.40. The minimum Gasteiger partial charge on any atom is -0.480 e. The summed E-state index contributed by atoms with van der Waals surface area (Å²) in [5.74, 6) is -1.18. The molecule has 0 rings (SSSR count). The van der Waals surface area contributed by atoms with Gasteiger partial charge in [-0.1, -0.05) is 6.92 Å². The van der Waals surface area contributed by atoms with Crippen molar-refractivity contribution in [1.82, 2.24) is 9.44 Å². The number of hydrogen-bond donors (Lipinski definition) is 3. The van der Waals surface area contributed by atoms with E-state index < -0.39 is 22.2 Å². The standard InChI is InChI=1S/C5H12N2O4S/c1-3-4(5(8)9)7-12(10,11)6-2/h4,6-7H,3H2,1-2H3,(H,8,9). The van der Waals surface area contributed by atoms with Gasteiger partial charge in [0.25, 0.3) is 10.2 Å². The van der Waals surface area contributed by atoms with E-state index in [-0.39, 0.29) is 6.42 Å². The molecule has 0 aromatic heterocycles. The molecule has 0 radical (unpaired) electrons. The molecule has 7 heteroatoms. The minimum atomic E-state index is -3.66. The first-order valence-corrected chi connectivity index (χ1v) is 4.85. The SMILES string of the molecule is CCC(NS(=O)(=O)NC)C(=O)O. The van der Waals surface area contributed by atoms with Crippen molar-refractivity contribution < 1.29 is 18.3 Å². The van der Waals surface area contributed by atoms with Gasteiger partial charge in [-0.25, -0.2) is 4.72 Å². The number of nitrogens with one attached hydrogen (secondary N) is 2. The number of carbonyl (C=O) groups is 1. The van der Waals surface area contributed by atoms with Gasteiger partial charge in [0.05, 0.1) is 0 Å². The van der Waals surface area contributed by atoms with Crippen LogP contribution >= 0.6 is 0 Å². The Bertz CT molecular complexity index is 248. The highest BCUT2D eigenvalue weighted by atomic mass is 32.2. The quantitative estimate of drug-likeness (QED) is 0.520. The second-order valence-corrected chi connectivity index (χ2v) is 3.78. The molecular formula is C5H12N2O4S. The number of rotatable bonds is 5. The largest absolute Gasteiger partial charge is 0.480 e. The molecule has 0 aliphatic carbocycles. The van der Waals surface area contributed by atoms with E-state index in [9.17, 15) is 13.2 Å². The molecule has 0 spiro atoms. The van der Waals surface area contributed by atoms with Gasteiger partial charge >= 0.3 is 5.97 Å². The van der Waals surface area contributed by atoms with Crippen molar-refractivity contribution in [2.24, 2.45) is 0 Å². The zero-order valence-electron chi connectivity index (χ0n) is 6.86. The number of carboxylic acid groups (broad SMARTS) is 1. The summed E-state index contributed by atoms with van der Waals surface area (Å²) in [5.41, 5.74) is 0. The van der Waals surface area contributed by atoms with Gasteiger partial charge in [-0.05, 0) is 6.42 Å². The number of carboxylic acids is 1. The fourth-order valence-electron chi connectivity index (χ4n) is 0.555. The summed E-state index contributed by atoms with van der Waals surface area (Å²) < 4.78 is 25.5. The lowest BCUT2D eigenvalue weighted by Gasteiger charge is -2.10. The van der Waals surface area contributed by atoms with Crippen molar-refractivity contribution in [2.45, 2.75) is 19.4 Å². The topological polar surface area (TPSA) is 95.5 Å². The second-order valence-electron chi connectivity index (χ2n) is 2.12. The van der Waals surface area contributed by atoms with Gasteiger partial charge in [0.15, 0.2) is 0 Å². The maximum atomic E-state index is 10.8. The first-order chi connectivity index (χ1) is 5.43. The van der Waals surface area contributed by atoms with Crippen LogP contribution in [0.1, 0.15) is 13.3 Å². The molecule has 0 fully saturated rings. The molecule has 0 aromatic rings. The lowest BCUT2D eigenvalue weighted by Crippen LogP contribution is -2.44. The summed E-state index contributed by atoms with van der Waals surface area (Å²) >= 11 is 0. The molecule has 12 heavy (non-hydrogen) atoms. The van der Waals surface area contributed by atoms with Crippen molar-refractivity contribution in [3.63, 3.8) is 0 Å². The maximum Gasteiger partial charge on any atom is 0.321 e. The molecular weight excluding hydrogens is 184 g/mol. The number of aliphatic carboxylic acids is 1. The van der Waals surface area contributed by atoms with Crippen molar-refractivity contribution in [1.29, 1.82) is 0 Å². The lowest BCUT2D eigenvalue weighted by molar-refractivity contribution is -0.139. The first-order valence-electron chi connectivity index (χ1n) is 3.36. The van der Waals surface area contributed by atoms with Crippen molar-refractivity contribution >= 4 is 16.2 Å². The Kier molecular flexibility index (Phi) is 4.15. The first kappa shape index (κ1) is 11.3. The monoisotopic (exact) mass is 196 g/mol. The van der Waals surface area contributed by atoms with Gasteiger partial charge in [-0.15, -0.1) is 0 Å². The average Bonchev–Trinajstić information content (AvgIpc) is 2.00. The Morgan fingerprint density at radius 1 is 1.58 bits per heavy atom. The second kappa shape index (κ2) is 4.39. The summed E-state index contributed by atoms with van der Waals surface area (Å²) in [7, 11) is -2.45. The van der Waals surface area contributed by atoms with E-state index >= 15 is 0 Å². The molecule has 0 aliphatic rings. The fraction of sp³-hybridized carbons (Fsp3) is 0.800. The van der Waals surface area contributed by atoms with Crippen LogP contribution in [0.15, 0.2) is 0 Å². The minimum absolute atomic E-state index is 0.205. The van der Waals surface area contributed by atoms with Crippen LogP contribution in [0, 0.1) is 0 Å². The Morgan fingerprint density at radius 3 is 2.33 bits per heavy atom. The molecule has 0 aliphatic heterocycles. The highest BCUT2D eigenvalue weighted by molar-refractivity contribution is 7.87. The van der Waals surface area contributed by atoms with Gasteiger partial charge in [0.1, 0.15) is 6.04 Å². The van der Waals surface area contributed by atoms with Crippen LogP contribution in [0.25, 0.3) is 0 Å². The summed E-state index contributed by atoms with van der Waals surface area (Å²) in [6, 6.07) is -1.07. The fourth-order valence-corrected chi connectivity index (χ4v) is 1.31. The highest BCUT2D eigenvalue weighted by Crippen LogP contribution is 1.92. The van der Waals surface area contributed by atoms with Gasteiger partial charge < -0.3 is 5.11 Å². The maximum absolute atomic E-state index is 10.8. The van der Waals surface area contributed by atoms with Crippen molar-refractivity contribution in [3.05, 3.63) is 0 Å². The van der Waals surface area contributed by atoms with Crippen LogP contribution in [0.3, 0.4) is 0 Å². The molecule has 6 nitrogen and oxygen atoms in total. The van der Waals surface area contributed by atoms with E-state index in [1.807, 2.05) is 9.44 Å². The molecule has 72 valence electrons. The Hall–Kier alpha value is -0.660. The smallest absolute Gasteiger partial charge is 0.321 e. The van der Waals surface area contributed by atoms with Gasteiger partial charge in [0, 0.05) is 7.05 Å². The van der Waals surface area contributed by atoms with Crippen LogP contribution in [-0.2, 0) is 15.0 Å². The summed E-state index contributed by atoms with van der Waals surface area (Å²) in [6.07, 6.45) is 0.205. The number of hydrogen-bond acceptors (Lipinski definition) is 3. The van der Waals surface area contributed by atoms with E-state index in [1.165, 1.54) is 7.05 Å². The van der Waals surface area contributed by atoms with Gasteiger partial charge in [0.2, 0.25) is 0 Å². The Balaban J connectivity index is 4.32. The van der Waals surface area contributed by atoms with Gasteiger partial charge in [-0.2, -0.15) is 13.1 Å². The molecule has 0 heterocycles. The van der Waals surface area contributed by atoms with E-state index in [0.29, 0.717) is 0 Å². The average molecular weight is 196 g/mol. The van der Waals surface area contributed by atoms with Crippen LogP contribution in [0.5, 0.6) is 0 Å². The Labute approximate surface area is 71.2 Å². The Morgan fingerprint density at radius 2 is 2.08 bits per heavy atom. The van der Waals surface area contributed by atoms with Crippen molar-refractivity contribution in [3.8, 4) is 0 Å². The van der Waals surface area contributed by atoms with Crippen LogP contribution in [0.2, 0.25) is 0 Å². The van der Waals surface area contributed by atoms with E-state index in [0.717, 1.165) is 0 Å². The molecule has 0 saturated heterocycles. The van der Waals surface area contributed by atoms with Crippen LogP contribution in [0.4, 0.5) is 0 Å². The third kappa shape index (κ3) is 3.65. The molecule has 1 atom stereocenters. The van der Waals surface area contributed by atoms with Crippen LogP contribution < -0.4 is 9.44 Å². The highest BCUT2D eigenvalue weighted by Gasteiger charge is 2.20. The normalized spacial score (nSPS) is 14.2. The predicted octanol–water partition coefficient (Wildman–Crippen LogP) is -1.10. The molecule has 0 saturated carbocycles. The molecule has 0 amide bonds. The lowest BCUT2D eigenvalue weighted by atomic mass is 10.2. The zero-order chi connectivity index (χ0) is 9.78. The molecule has 1 unspecified atom stereocenters. The predicted molar refractivity (Wildman–Crippen MR) is 42.8 cm³/mol. The van der Waals surface area contributed by atoms with Gasteiger partial charge in [-0.3, -0.25) is 4.79 Å². The van der Waals surface area contributed by atoms with Crippen LogP contribution in [-0.4, -0.2) is 32.6 Å². The van der Waals surface area contributed by atoms with E-state index in [2.05, 4.69) is 0 Å². The molecule has 0 aromatic carbocycles. The molecule has 3 N–H and O–H groups in total. The zero-order valence-corrected chi connectivity index (χ0v) is 7.68.